The van der Waals surface area contributed by atoms with E-state index in [4.69, 9.17) is 4.74 Å². The van der Waals surface area contributed by atoms with Crippen molar-refractivity contribution in [3.8, 4) is 0 Å². The van der Waals surface area contributed by atoms with Crippen LogP contribution in [-0.4, -0.2) is 56.2 Å². The maximum absolute atomic E-state index is 11.9. The minimum atomic E-state index is -0.129. The molecular weight excluding hydrogens is 352 g/mol. The maximum Gasteiger partial charge on any atom is 0.319 e. The third-order valence-corrected chi connectivity index (χ3v) is 4.87. The first-order valence-corrected chi connectivity index (χ1v) is 9.76. The molecule has 28 heavy (non-hydrogen) atoms. The van der Waals surface area contributed by atoms with Crippen LogP contribution in [0.1, 0.15) is 33.1 Å². The highest BCUT2D eigenvalue weighted by Gasteiger charge is 2.13. The summed E-state index contributed by atoms with van der Waals surface area (Å²) in [5.41, 5.74) is 3.12. The van der Waals surface area contributed by atoms with Gasteiger partial charge < -0.3 is 25.2 Å². The molecule has 1 rings (SSSR count). The third-order valence-electron chi connectivity index (χ3n) is 4.87. The van der Waals surface area contributed by atoms with Gasteiger partial charge in [-0.15, -0.1) is 0 Å². The molecular formula is C22H36N4O2. The van der Waals surface area contributed by atoms with Gasteiger partial charge in [-0.3, -0.25) is 0 Å². The second-order valence-corrected chi connectivity index (χ2v) is 7.10. The third kappa shape index (κ3) is 8.37. The van der Waals surface area contributed by atoms with E-state index < -0.39 is 0 Å². The van der Waals surface area contributed by atoms with Crippen LogP contribution in [0.15, 0.2) is 60.3 Å². The molecule has 1 aliphatic rings. The van der Waals surface area contributed by atoms with Crippen molar-refractivity contribution in [1.29, 1.82) is 0 Å². The van der Waals surface area contributed by atoms with Gasteiger partial charge in [0.15, 0.2) is 0 Å². The number of ether oxygens (including phenoxy) is 1. The van der Waals surface area contributed by atoms with E-state index in [-0.39, 0.29) is 12.1 Å². The fraction of sp³-hybridized carbons (Fsp3) is 0.500. The largest absolute Gasteiger partial charge is 0.497 e. The summed E-state index contributed by atoms with van der Waals surface area (Å²) in [5, 5.41) is 5.86. The maximum atomic E-state index is 11.9. The summed E-state index contributed by atoms with van der Waals surface area (Å²) in [4.78, 5) is 16.3. The fourth-order valence-corrected chi connectivity index (χ4v) is 2.53. The van der Waals surface area contributed by atoms with Gasteiger partial charge in [0.05, 0.1) is 7.11 Å². The lowest BCUT2D eigenvalue weighted by Crippen LogP contribution is -2.40. The fourth-order valence-electron chi connectivity index (χ4n) is 2.53. The normalized spacial score (nSPS) is 14.6. The van der Waals surface area contributed by atoms with Crippen LogP contribution in [0.5, 0.6) is 0 Å². The molecule has 0 aromatic heterocycles. The van der Waals surface area contributed by atoms with Crippen LogP contribution < -0.4 is 10.6 Å². The molecule has 0 aromatic rings. The molecule has 1 atom stereocenters. The predicted octanol–water partition coefficient (Wildman–Crippen LogP) is 3.74. The molecule has 0 heterocycles. The standard InChI is InChI=1S/C22H36N4O2/c1-8-17(2)23-22(27)24-20-11-13-21(14-12-20)26(6)16-15-25(5)18(3)9-10-19(4)28-7/h9-11,13,17H,3-4,8,12,14-16H2,1-2,5-7H3,(H2,23,24,27)/b10-9-. The highest BCUT2D eigenvalue weighted by atomic mass is 16.5. The van der Waals surface area contributed by atoms with Crippen LogP contribution in [-0.2, 0) is 4.74 Å². The van der Waals surface area contributed by atoms with Gasteiger partial charge in [-0.2, -0.15) is 0 Å². The molecule has 0 saturated carbocycles. The van der Waals surface area contributed by atoms with Crippen molar-refractivity contribution >= 4 is 6.03 Å². The van der Waals surface area contributed by atoms with Crippen LogP contribution in [0.3, 0.4) is 0 Å². The van der Waals surface area contributed by atoms with E-state index in [0.717, 1.165) is 43.7 Å². The topological polar surface area (TPSA) is 56.8 Å². The van der Waals surface area contributed by atoms with Crippen molar-refractivity contribution in [3.05, 3.63) is 60.3 Å². The van der Waals surface area contributed by atoms with Crippen molar-refractivity contribution in [3.63, 3.8) is 0 Å². The van der Waals surface area contributed by atoms with Gasteiger partial charge in [0, 0.05) is 50.3 Å². The van der Waals surface area contributed by atoms with Crippen molar-refractivity contribution in [2.75, 3.05) is 34.3 Å². The van der Waals surface area contributed by atoms with E-state index in [1.54, 1.807) is 7.11 Å². The van der Waals surface area contributed by atoms with Crippen molar-refractivity contribution in [2.45, 2.75) is 39.2 Å². The van der Waals surface area contributed by atoms with Crippen LogP contribution in [0.4, 0.5) is 4.79 Å². The highest BCUT2D eigenvalue weighted by Crippen LogP contribution is 2.19. The number of carbonyl (C=O) groups excluding carboxylic acids is 1. The Morgan fingerprint density at radius 3 is 2.54 bits per heavy atom. The summed E-state index contributed by atoms with van der Waals surface area (Å²) in [6.45, 7) is 13.6. The zero-order valence-corrected chi connectivity index (χ0v) is 18.0. The molecule has 1 aliphatic carbocycles. The van der Waals surface area contributed by atoms with Gasteiger partial charge in [0.25, 0.3) is 0 Å². The Morgan fingerprint density at radius 1 is 1.25 bits per heavy atom. The monoisotopic (exact) mass is 388 g/mol. The number of rotatable bonds is 11. The van der Waals surface area contributed by atoms with Crippen LogP contribution in [0.25, 0.3) is 0 Å². The van der Waals surface area contributed by atoms with Crippen LogP contribution in [0, 0.1) is 0 Å². The number of hydrogen-bond acceptors (Lipinski definition) is 4. The van der Waals surface area contributed by atoms with E-state index in [0.29, 0.717) is 5.76 Å². The average molecular weight is 389 g/mol. The molecule has 0 bridgehead atoms. The zero-order chi connectivity index (χ0) is 21.1. The Morgan fingerprint density at radius 2 is 1.96 bits per heavy atom. The van der Waals surface area contributed by atoms with Gasteiger partial charge in [0.1, 0.15) is 5.76 Å². The van der Waals surface area contributed by atoms with Crippen molar-refractivity contribution in [2.24, 2.45) is 0 Å². The molecule has 6 heteroatoms. The van der Waals surface area contributed by atoms with E-state index >= 15 is 0 Å². The number of hydrogen-bond donors (Lipinski definition) is 2. The van der Waals surface area contributed by atoms with E-state index in [9.17, 15) is 4.79 Å². The lowest BCUT2D eigenvalue weighted by atomic mass is 10.1. The molecule has 2 N–H and O–H groups in total. The Kier molecular flexibility index (Phi) is 9.99. The Hall–Kier alpha value is -2.63. The average Bonchev–Trinajstić information content (AvgIpc) is 2.69. The number of allylic oxidation sites excluding steroid dienone is 6. The summed E-state index contributed by atoms with van der Waals surface area (Å²) in [6, 6.07) is 0.0470. The lowest BCUT2D eigenvalue weighted by Gasteiger charge is -2.28. The molecule has 0 aromatic carbocycles. The first kappa shape index (κ1) is 23.4. The lowest BCUT2D eigenvalue weighted by molar-refractivity contribution is 0.239. The Bertz CT molecular complexity index is 649. The summed E-state index contributed by atoms with van der Waals surface area (Å²) < 4.78 is 5.02. The Labute approximate surface area is 170 Å². The van der Waals surface area contributed by atoms with Crippen LogP contribution in [0.2, 0.25) is 0 Å². The van der Waals surface area contributed by atoms with Gasteiger partial charge in [-0.25, -0.2) is 4.79 Å². The number of carbonyl (C=O) groups is 1. The quantitative estimate of drug-likeness (QED) is 0.418. The minimum absolute atomic E-state index is 0.129. The number of amides is 2. The number of nitrogens with one attached hydrogen (secondary N) is 2. The molecule has 0 fully saturated rings. The SMILES string of the molecule is C=C(/C=C\C(=C)N(C)CCN(C)C1=CC=C(NC(=O)NC(C)CC)CC1)OC. The van der Waals surface area contributed by atoms with Crippen molar-refractivity contribution in [1.82, 2.24) is 20.4 Å². The van der Waals surface area contributed by atoms with Crippen LogP contribution >= 0.6 is 0 Å². The molecule has 2 amide bonds. The molecule has 0 spiro atoms. The smallest absolute Gasteiger partial charge is 0.319 e. The Balaban J connectivity index is 2.47. The van der Waals surface area contributed by atoms with E-state index in [2.05, 4.69) is 53.6 Å². The second-order valence-electron chi connectivity index (χ2n) is 7.10. The van der Waals surface area contributed by atoms with Gasteiger partial charge >= 0.3 is 6.03 Å². The predicted molar refractivity (Wildman–Crippen MR) is 117 cm³/mol. The number of nitrogens with zero attached hydrogens (tertiary/aromatic N) is 2. The summed E-state index contributed by atoms with van der Waals surface area (Å²) in [6.07, 6.45) is 10.4. The minimum Gasteiger partial charge on any atom is -0.497 e. The molecule has 156 valence electrons. The molecule has 0 saturated heterocycles. The molecule has 6 nitrogen and oxygen atoms in total. The zero-order valence-electron chi connectivity index (χ0n) is 18.0. The van der Waals surface area contributed by atoms with Gasteiger partial charge in [0.2, 0.25) is 0 Å². The summed E-state index contributed by atoms with van der Waals surface area (Å²) in [7, 11) is 5.70. The van der Waals surface area contributed by atoms with E-state index in [1.807, 2.05) is 32.2 Å². The summed E-state index contributed by atoms with van der Waals surface area (Å²) >= 11 is 0. The number of urea groups is 1. The number of likely N-dealkylation sites (N-methyl/N-ethyl adjacent to an activating group) is 2. The first-order chi connectivity index (χ1) is 13.3. The highest BCUT2D eigenvalue weighted by molar-refractivity contribution is 5.76. The number of methoxy groups -OCH3 is 1. The molecule has 0 radical (unpaired) electrons. The van der Waals surface area contributed by atoms with Crippen molar-refractivity contribution < 1.29 is 9.53 Å². The van der Waals surface area contributed by atoms with E-state index in [1.165, 1.54) is 5.70 Å². The second kappa shape index (κ2) is 12.0. The summed E-state index contributed by atoms with van der Waals surface area (Å²) in [5.74, 6) is 0.605. The van der Waals surface area contributed by atoms with Gasteiger partial charge in [-0.05, 0) is 50.5 Å². The molecule has 1 unspecified atom stereocenters. The first-order valence-electron chi connectivity index (χ1n) is 9.76. The molecule has 0 aliphatic heterocycles. The van der Waals surface area contributed by atoms with Gasteiger partial charge in [-0.1, -0.05) is 20.1 Å².